The Morgan fingerprint density at radius 2 is 2.23 bits per heavy atom. The molecule has 0 aromatic rings. The van der Waals surface area contributed by atoms with Crippen LogP contribution in [-0.4, -0.2) is 0 Å². The fraction of sp³-hybridized carbons (Fsp3) is 0.750. The summed E-state index contributed by atoms with van der Waals surface area (Å²) in [6.45, 7) is 8.79. The van der Waals surface area contributed by atoms with Crippen molar-refractivity contribution in [3.8, 4) is 6.07 Å². The van der Waals surface area contributed by atoms with Crippen LogP contribution in [0.25, 0.3) is 0 Å². The van der Waals surface area contributed by atoms with E-state index in [9.17, 15) is 0 Å². The highest BCUT2D eigenvalue weighted by Gasteiger charge is 2.29. The van der Waals surface area contributed by atoms with E-state index >= 15 is 0 Å². The van der Waals surface area contributed by atoms with Crippen LogP contribution in [0.5, 0.6) is 0 Å². The van der Waals surface area contributed by atoms with Crippen molar-refractivity contribution >= 4 is 0 Å². The Labute approximate surface area is 81.5 Å². The number of nitrogens with zero attached hydrogens (tertiary/aromatic N) is 1. The quantitative estimate of drug-likeness (QED) is 0.562. The molecule has 72 valence electrons. The highest BCUT2D eigenvalue weighted by Crippen LogP contribution is 2.40. The van der Waals surface area contributed by atoms with Crippen molar-refractivity contribution < 1.29 is 0 Å². The molecule has 0 aromatic heterocycles. The van der Waals surface area contributed by atoms with Crippen molar-refractivity contribution in [2.45, 2.75) is 40.5 Å². The van der Waals surface area contributed by atoms with Gasteiger partial charge in [-0.2, -0.15) is 5.26 Å². The van der Waals surface area contributed by atoms with Crippen molar-refractivity contribution in [2.75, 3.05) is 0 Å². The first-order chi connectivity index (χ1) is 5.94. The van der Waals surface area contributed by atoms with E-state index < -0.39 is 0 Å². The molecular formula is C12H19N. The van der Waals surface area contributed by atoms with Crippen LogP contribution in [-0.2, 0) is 0 Å². The summed E-state index contributed by atoms with van der Waals surface area (Å²) in [5.41, 5.74) is 1.83. The molecule has 0 bridgehead atoms. The second kappa shape index (κ2) is 3.54. The van der Waals surface area contributed by atoms with Gasteiger partial charge in [0.15, 0.2) is 0 Å². The molecule has 0 radical (unpaired) electrons. The van der Waals surface area contributed by atoms with Crippen LogP contribution in [0.2, 0.25) is 0 Å². The van der Waals surface area contributed by atoms with Crippen LogP contribution in [0.1, 0.15) is 40.5 Å². The van der Waals surface area contributed by atoms with Gasteiger partial charge >= 0.3 is 0 Å². The Hall–Kier alpha value is -0.770. The van der Waals surface area contributed by atoms with Gasteiger partial charge in [-0.15, -0.1) is 0 Å². The number of allylic oxidation sites excluding steroid dienone is 2. The lowest BCUT2D eigenvalue weighted by Crippen LogP contribution is -2.24. The summed E-state index contributed by atoms with van der Waals surface area (Å²) in [4.78, 5) is 0. The third kappa shape index (κ3) is 2.59. The molecule has 1 rings (SSSR count). The monoisotopic (exact) mass is 177 g/mol. The Morgan fingerprint density at radius 1 is 1.62 bits per heavy atom. The maximum Gasteiger partial charge on any atom is 0.0659 e. The summed E-state index contributed by atoms with van der Waals surface area (Å²) >= 11 is 0. The summed E-state index contributed by atoms with van der Waals surface area (Å²) in [5.74, 6) is 0.628. The summed E-state index contributed by atoms with van der Waals surface area (Å²) < 4.78 is 0. The average molecular weight is 177 g/mol. The zero-order valence-corrected chi connectivity index (χ0v) is 9.09. The molecular weight excluding hydrogens is 158 g/mol. The fourth-order valence-electron chi connectivity index (χ4n) is 2.37. The van der Waals surface area contributed by atoms with Crippen LogP contribution in [0.15, 0.2) is 11.6 Å². The maximum absolute atomic E-state index is 8.86. The van der Waals surface area contributed by atoms with Crippen LogP contribution in [0, 0.1) is 28.6 Å². The molecule has 1 aliphatic rings. The summed E-state index contributed by atoms with van der Waals surface area (Å²) in [6.07, 6.45) is 4.62. The lowest BCUT2D eigenvalue weighted by molar-refractivity contribution is 0.248. The van der Waals surface area contributed by atoms with Gasteiger partial charge in [0.1, 0.15) is 0 Å². The minimum absolute atomic E-state index is 0.162. The molecule has 0 amide bonds. The summed E-state index contributed by atoms with van der Waals surface area (Å²) in [7, 11) is 0. The first kappa shape index (κ1) is 10.3. The van der Waals surface area contributed by atoms with Gasteiger partial charge < -0.3 is 0 Å². The SMILES string of the molecule is CC1=CC(C(C)C#N)CC(C)(C)C1. The fourth-order valence-corrected chi connectivity index (χ4v) is 2.37. The molecule has 2 unspecified atom stereocenters. The van der Waals surface area contributed by atoms with E-state index in [4.69, 9.17) is 5.26 Å². The molecule has 0 saturated carbocycles. The average Bonchev–Trinajstić information content (AvgIpc) is 1.99. The van der Waals surface area contributed by atoms with Gasteiger partial charge in [-0.3, -0.25) is 0 Å². The zero-order valence-electron chi connectivity index (χ0n) is 9.09. The highest BCUT2D eigenvalue weighted by molar-refractivity contribution is 5.12. The lowest BCUT2D eigenvalue weighted by Gasteiger charge is -2.34. The van der Waals surface area contributed by atoms with Gasteiger partial charge in [0.2, 0.25) is 0 Å². The Morgan fingerprint density at radius 3 is 2.69 bits per heavy atom. The molecule has 1 heteroatoms. The second-order valence-electron chi connectivity index (χ2n) is 5.14. The molecule has 0 aromatic carbocycles. The first-order valence-corrected chi connectivity index (χ1v) is 5.01. The summed E-state index contributed by atoms with van der Waals surface area (Å²) in [6, 6.07) is 2.35. The Balaban J connectivity index is 2.79. The van der Waals surface area contributed by atoms with Gasteiger partial charge in [-0.05, 0) is 38.0 Å². The molecule has 0 spiro atoms. The van der Waals surface area contributed by atoms with E-state index in [2.05, 4.69) is 32.9 Å². The number of rotatable bonds is 1. The van der Waals surface area contributed by atoms with E-state index in [1.807, 2.05) is 6.92 Å². The van der Waals surface area contributed by atoms with Crippen LogP contribution < -0.4 is 0 Å². The molecule has 0 N–H and O–H groups in total. The van der Waals surface area contributed by atoms with E-state index in [0.29, 0.717) is 11.3 Å². The van der Waals surface area contributed by atoms with Crippen molar-refractivity contribution in [1.82, 2.24) is 0 Å². The molecule has 0 heterocycles. The zero-order chi connectivity index (χ0) is 10.1. The van der Waals surface area contributed by atoms with Crippen LogP contribution in [0.4, 0.5) is 0 Å². The molecule has 1 nitrogen and oxygen atoms in total. The number of hydrogen-bond donors (Lipinski definition) is 0. The largest absolute Gasteiger partial charge is 0.198 e. The van der Waals surface area contributed by atoms with Gasteiger partial charge in [0.05, 0.1) is 6.07 Å². The smallest absolute Gasteiger partial charge is 0.0659 e. The van der Waals surface area contributed by atoms with Crippen LogP contribution in [0.3, 0.4) is 0 Å². The Bertz CT molecular complexity index is 255. The molecule has 0 aliphatic heterocycles. The first-order valence-electron chi connectivity index (χ1n) is 5.01. The van der Waals surface area contributed by atoms with Crippen LogP contribution >= 0.6 is 0 Å². The lowest BCUT2D eigenvalue weighted by atomic mass is 9.70. The van der Waals surface area contributed by atoms with Gasteiger partial charge in [-0.1, -0.05) is 25.5 Å². The van der Waals surface area contributed by atoms with Gasteiger partial charge in [0, 0.05) is 5.92 Å². The number of nitriles is 1. The standard InChI is InChI=1S/C12H19N/c1-9-5-11(10(2)8-13)7-12(3,4)6-9/h5,10-11H,6-7H2,1-4H3. The van der Waals surface area contributed by atoms with Crippen molar-refractivity contribution in [1.29, 1.82) is 5.26 Å². The highest BCUT2D eigenvalue weighted by atomic mass is 14.4. The maximum atomic E-state index is 8.86. The van der Waals surface area contributed by atoms with Crippen molar-refractivity contribution in [3.63, 3.8) is 0 Å². The predicted octanol–water partition coefficient (Wildman–Crippen LogP) is 3.53. The third-order valence-electron chi connectivity index (χ3n) is 2.89. The molecule has 0 fully saturated rings. The predicted molar refractivity (Wildman–Crippen MR) is 55.0 cm³/mol. The molecule has 13 heavy (non-hydrogen) atoms. The van der Waals surface area contributed by atoms with E-state index in [1.165, 1.54) is 12.0 Å². The second-order valence-corrected chi connectivity index (χ2v) is 5.14. The van der Waals surface area contributed by atoms with E-state index in [-0.39, 0.29) is 5.92 Å². The molecule has 0 saturated heterocycles. The minimum atomic E-state index is 0.162. The summed E-state index contributed by atoms with van der Waals surface area (Å²) in [5, 5.41) is 8.86. The molecule has 2 atom stereocenters. The topological polar surface area (TPSA) is 23.8 Å². The van der Waals surface area contributed by atoms with Gasteiger partial charge in [0.25, 0.3) is 0 Å². The minimum Gasteiger partial charge on any atom is -0.198 e. The molecule has 1 aliphatic carbocycles. The number of hydrogen-bond acceptors (Lipinski definition) is 1. The Kier molecular flexibility index (Phi) is 2.81. The normalized spacial score (nSPS) is 28.8. The van der Waals surface area contributed by atoms with E-state index in [1.54, 1.807) is 0 Å². The van der Waals surface area contributed by atoms with Crippen molar-refractivity contribution in [3.05, 3.63) is 11.6 Å². The third-order valence-corrected chi connectivity index (χ3v) is 2.89. The van der Waals surface area contributed by atoms with E-state index in [0.717, 1.165) is 6.42 Å². The van der Waals surface area contributed by atoms with Crippen molar-refractivity contribution in [2.24, 2.45) is 17.3 Å². The van der Waals surface area contributed by atoms with Gasteiger partial charge in [-0.25, -0.2) is 0 Å².